The van der Waals surface area contributed by atoms with Crippen molar-refractivity contribution in [2.24, 2.45) is 0 Å². The number of benzene rings is 1. The Balaban J connectivity index is 3.27. The lowest BCUT2D eigenvalue weighted by atomic mass is 9.99. The van der Waals surface area contributed by atoms with Crippen molar-refractivity contribution in [3.8, 4) is 5.75 Å². The minimum atomic E-state index is 0.470. The number of aryl methyl sites for hydroxylation is 1. The lowest BCUT2D eigenvalue weighted by Gasteiger charge is -2.22. The van der Waals surface area contributed by atoms with Crippen LogP contribution in [0, 0.1) is 6.92 Å². The van der Waals surface area contributed by atoms with E-state index in [1.165, 1.54) is 16.8 Å². The van der Waals surface area contributed by atoms with Crippen LogP contribution >= 0.6 is 15.9 Å². The van der Waals surface area contributed by atoms with Gasteiger partial charge in [-0.2, -0.15) is 0 Å². The number of ether oxygens (including phenoxy) is 1. The first-order valence-electron chi connectivity index (χ1n) is 5.46. The van der Waals surface area contributed by atoms with Gasteiger partial charge in [-0.05, 0) is 36.1 Å². The highest BCUT2D eigenvalue weighted by molar-refractivity contribution is 9.09. The maximum absolute atomic E-state index is 5.43. The molecule has 2 nitrogen and oxygen atoms in total. The lowest BCUT2D eigenvalue weighted by molar-refractivity contribution is 0.407. The summed E-state index contributed by atoms with van der Waals surface area (Å²) in [5.41, 5.74) is 4.58. The summed E-state index contributed by atoms with van der Waals surface area (Å²) < 4.78 is 5.43. The molecule has 90 valence electrons. The zero-order valence-electron chi connectivity index (χ0n) is 10.7. The summed E-state index contributed by atoms with van der Waals surface area (Å²) in [4.78, 5) is 2.18. The molecule has 0 heterocycles. The molecule has 1 aromatic rings. The van der Waals surface area contributed by atoms with E-state index in [1.807, 2.05) is 0 Å². The molecule has 0 aliphatic carbocycles. The maximum Gasteiger partial charge on any atom is 0.122 e. The molecule has 16 heavy (non-hydrogen) atoms. The highest BCUT2D eigenvalue weighted by atomic mass is 79.9. The van der Waals surface area contributed by atoms with Crippen LogP contribution in [0.25, 0.3) is 0 Å². The zero-order chi connectivity index (χ0) is 12.3. The van der Waals surface area contributed by atoms with Gasteiger partial charge in [-0.15, -0.1) is 0 Å². The SMILES string of the molecule is COc1cc(C)c(N(C)CBr)cc1C(C)C. The average Bonchev–Trinajstić information content (AvgIpc) is 2.27. The first-order valence-corrected chi connectivity index (χ1v) is 6.59. The molecule has 1 aromatic carbocycles. The monoisotopic (exact) mass is 285 g/mol. The third-order valence-corrected chi connectivity index (χ3v) is 3.51. The van der Waals surface area contributed by atoms with Crippen LogP contribution in [-0.4, -0.2) is 19.6 Å². The first kappa shape index (κ1) is 13.4. The van der Waals surface area contributed by atoms with Crippen LogP contribution in [0.1, 0.15) is 30.9 Å². The van der Waals surface area contributed by atoms with Crippen LogP contribution in [0.4, 0.5) is 5.69 Å². The molecule has 0 N–H and O–H groups in total. The van der Waals surface area contributed by atoms with Crippen molar-refractivity contribution < 1.29 is 4.74 Å². The van der Waals surface area contributed by atoms with Gasteiger partial charge in [0.15, 0.2) is 0 Å². The van der Waals surface area contributed by atoms with Crippen LogP contribution in [-0.2, 0) is 0 Å². The lowest BCUT2D eigenvalue weighted by Crippen LogP contribution is -2.15. The van der Waals surface area contributed by atoms with E-state index in [9.17, 15) is 0 Å². The molecule has 3 heteroatoms. The van der Waals surface area contributed by atoms with Gasteiger partial charge in [-0.3, -0.25) is 0 Å². The molecule has 0 saturated heterocycles. The van der Waals surface area contributed by atoms with Crippen molar-refractivity contribution >= 4 is 21.6 Å². The summed E-state index contributed by atoms with van der Waals surface area (Å²) in [6.45, 7) is 6.48. The van der Waals surface area contributed by atoms with Crippen molar-refractivity contribution in [2.45, 2.75) is 26.7 Å². The summed E-state index contributed by atoms with van der Waals surface area (Å²) in [5.74, 6) is 1.46. The zero-order valence-corrected chi connectivity index (χ0v) is 12.3. The number of nitrogens with zero attached hydrogens (tertiary/aromatic N) is 1. The molecular formula is C13H20BrNO. The van der Waals surface area contributed by atoms with Gasteiger partial charge in [0.1, 0.15) is 5.75 Å². The maximum atomic E-state index is 5.43. The second-order valence-electron chi connectivity index (χ2n) is 4.35. The van der Waals surface area contributed by atoms with Crippen LogP contribution in [0.3, 0.4) is 0 Å². The summed E-state index contributed by atoms with van der Waals surface area (Å²) in [6.07, 6.45) is 0. The van der Waals surface area contributed by atoms with Gasteiger partial charge >= 0.3 is 0 Å². The summed E-state index contributed by atoms with van der Waals surface area (Å²) in [6, 6.07) is 4.34. The topological polar surface area (TPSA) is 12.5 Å². The predicted octanol–water partition coefficient (Wildman–Crippen LogP) is 3.92. The van der Waals surface area contributed by atoms with Gasteiger partial charge in [0.05, 0.1) is 12.6 Å². The number of hydrogen-bond donors (Lipinski definition) is 0. The van der Waals surface area contributed by atoms with E-state index in [-0.39, 0.29) is 0 Å². The van der Waals surface area contributed by atoms with E-state index in [2.05, 4.69) is 60.8 Å². The van der Waals surface area contributed by atoms with Crippen LogP contribution in [0.15, 0.2) is 12.1 Å². The number of anilines is 1. The van der Waals surface area contributed by atoms with Gasteiger partial charge < -0.3 is 9.64 Å². The Labute approximate surface area is 107 Å². The number of rotatable bonds is 4. The molecule has 1 rings (SSSR count). The number of hydrogen-bond acceptors (Lipinski definition) is 2. The van der Waals surface area contributed by atoms with E-state index < -0.39 is 0 Å². The minimum Gasteiger partial charge on any atom is -0.496 e. The van der Waals surface area contributed by atoms with Crippen LogP contribution in [0.2, 0.25) is 0 Å². The minimum absolute atomic E-state index is 0.470. The Kier molecular flexibility index (Phi) is 4.66. The third kappa shape index (κ3) is 2.70. The Bertz CT molecular complexity index is 363. The molecule has 0 fully saturated rings. The molecule has 0 bridgehead atoms. The average molecular weight is 286 g/mol. The van der Waals surface area contributed by atoms with Gasteiger partial charge in [0.2, 0.25) is 0 Å². The number of halogens is 1. The predicted molar refractivity (Wildman–Crippen MR) is 74.0 cm³/mol. The second kappa shape index (κ2) is 5.58. The summed E-state index contributed by atoms with van der Waals surface area (Å²) in [5, 5.41) is 0. The second-order valence-corrected chi connectivity index (χ2v) is 4.85. The highest BCUT2D eigenvalue weighted by Crippen LogP contribution is 2.33. The first-order chi connectivity index (χ1) is 7.51. The molecule has 0 atom stereocenters. The van der Waals surface area contributed by atoms with Gasteiger partial charge in [0.25, 0.3) is 0 Å². The van der Waals surface area contributed by atoms with Gasteiger partial charge in [-0.25, -0.2) is 0 Å². The molecule has 0 radical (unpaired) electrons. The van der Waals surface area contributed by atoms with Crippen molar-refractivity contribution in [1.82, 2.24) is 0 Å². The molecule has 0 spiro atoms. The van der Waals surface area contributed by atoms with Crippen molar-refractivity contribution in [1.29, 1.82) is 0 Å². The number of alkyl halides is 1. The van der Waals surface area contributed by atoms with Crippen LogP contribution < -0.4 is 9.64 Å². The van der Waals surface area contributed by atoms with E-state index in [0.717, 1.165) is 11.2 Å². The fraction of sp³-hybridized carbons (Fsp3) is 0.538. The standard InChI is InChI=1S/C13H20BrNO/c1-9(2)11-7-12(15(4)8-14)10(3)6-13(11)16-5/h6-7,9H,8H2,1-5H3. The summed E-state index contributed by atoms with van der Waals surface area (Å²) >= 11 is 3.48. The fourth-order valence-electron chi connectivity index (χ4n) is 1.79. The van der Waals surface area contributed by atoms with Crippen molar-refractivity contribution in [2.75, 3.05) is 24.5 Å². The molecule has 0 aliphatic heterocycles. The normalized spacial score (nSPS) is 10.7. The Morgan fingerprint density at radius 3 is 2.44 bits per heavy atom. The highest BCUT2D eigenvalue weighted by Gasteiger charge is 2.12. The number of methoxy groups -OCH3 is 1. The largest absolute Gasteiger partial charge is 0.496 e. The van der Waals surface area contributed by atoms with Crippen LogP contribution in [0.5, 0.6) is 5.75 Å². The molecule has 0 aromatic heterocycles. The van der Waals surface area contributed by atoms with Gasteiger partial charge in [-0.1, -0.05) is 29.8 Å². The molecule has 0 unspecified atom stereocenters. The van der Waals surface area contributed by atoms with E-state index in [1.54, 1.807) is 7.11 Å². The molecule has 0 amide bonds. The van der Waals surface area contributed by atoms with Gasteiger partial charge in [0, 0.05) is 12.7 Å². The van der Waals surface area contributed by atoms with E-state index >= 15 is 0 Å². The van der Waals surface area contributed by atoms with Crippen molar-refractivity contribution in [3.63, 3.8) is 0 Å². The van der Waals surface area contributed by atoms with E-state index in [4.69, 9.17) is 4.74 Å². The Hall–Kier alpha value is -0.700. The quantitative estimate of drug-likeness (QED) is 0.614. The molecule has 0 aliphatic rings. The fourth-order valence-corrected chi connectivity index (χ4v) is 2.06. The van der Waals surface area contributed by atoms with E-state index in [0.29, 0.717) is 5.92 Å². The van der Waals surface area contributed by atoms with Crippen molar-refractivity contribution in [3.05, 3.63) is 23.3 Å². The molecular weight excluding hydrogens is 266 g/mol. The molecule has 0 saturated carbocycles. The third-order valence-electron chi connectivity index (χ3n) is 2.76. The Morgan fingerprint density at radius 2 is 2.00 bits per heavy atom. The summed E-state index contributed by atoms with van der Waals surface area (Å²) in [7, 11) is 3.81. The Morgan fingerprint density at radius 1 is 1.38 bits per heavy atom. The smallest absolute Gasteiger partial charge is 0.122 e.